The molecule has 28 nitrogen and oxygen atoms in total. The molecule has 7 aromatic rings. The standard InChI is InChI=1S/C60H46N4O24/c65-48(66)21-81-40-9-1-29(13-44(40)85-25-52(73)74)38-19-37-18-35-6-5-33(61-35)17-34-7-8-36(62-34)20-39-56(30-2-10-41(82-22-49(67)68)45(14-30)86-26-53(75)76)57(31-3-11-42(83-23-50(69)70)46(15-31)87-27-54(77)78)60(64-39)58(59(38)63-37)32-4-12-43(84-24-51(71)72)47(16-32)88-28-55(79)80/h1-20,61,64H,21-28H2,(H,65,66)(H,67,68)(H,69,70)(H,71,72)(H,73,74)(H,75,76)(H,77,78)(H,79,80). The summed E-state index contributed by atoms with van der Waals surface area (Å²) in [5.41, 5.74) is 3.59. The van der Waals surface area contributed by atoms with Crippen molar-refractivity contribution in [2.75, 3.05) is 52.9 Å². The Morgan fingerprint density at radius 2 is 0.659 bits per heavy atom. The molecule has 0 saturated carbocycles. The van der Waals surface area contributed by atoms with Crippen LogP contribution in [0.5, 0.6) is 46.0 Å². The van der Waals surface area contributed by atoms with Crippen LogP contribution in [0, 0.1) is 0 Å². The summed E-state index contributed by atoms with van der Waals surface area (Å²) in [6.45, 7) is -7.41. The molecular weight excluding hydrogens is 1160 g/mol. The van der Waals surface area contributed by atoms with Crippen molar-refractivity contribution in [2.45, 2.75) is 0 Å². The largest absolute Gasteiger partial charge is 0.479 e. The molecule has 2 aliphatic heterocycles. The number of fused-ring (bicyclic) bond motifs is 8. The van der Waals surface area contributed by atoms with E-state index in [-0.39, 0.29) is 113 Å². The van der Waals surface area contributed by atoms with Gasteiger partial charge in [0.2, 0.25) is 0 Å². The number of carbonyl (C=O) groups is 8. The van der Waals surface area contributed by atoms with Crippen molar-refractivity contribution in [3.63, 3.8) is 0 Å². The normalized spacial score (nSPS) is 11.4. The third-order valence-corrected chi connectivity index (χ3v) is 12.4. The topological polar surface area (TPSA) is 430 Å². The summed E-state index contributed by atoms with van der Waals surface area (Å²) in [6.07, 6.45) is 5.04. The van der Waals surface area contributed by atoms with Gasteiger partial charge in [-0.1, -0.05) is 24.3 Å². The van der Waals surface area contributed by atoms with E-state index in [0.29, 0.717) is 22.4 Å². The van der Waals surface area contributed by atoms with E-state index in [9.17, 15) is 79.2 Å². The molecule has 0 spiro atoms. The van der Waals surface area contributed by atoms with Crippen molar-refractivity contribution in [3.8, 4) is 79.4 Å². The van der Waals surface area contributed by atoms with Crippen LogP contribution in [0.15, 0.2) is 103 Å². The number of aromatic amines is 2. The molecule has 5 heterocycles. The zero-order valence-corrected chi connectivity index (χ0v) is 45.2. The van der Waals surface area contributed by atoms with Gasteiger partial charge in [-0.2, -0.15) is 0 Å². The number of ether oxygens (including phenoxy) is 8. The van der Waals surface area contributed by atoms with Crippen molar-refractivity contribution < 1.29 is 117 Å². The lowest BCUT2D eigenvalue weighted by molar-refractivity contribution is -0.140. The molecule has 0 atom stereocenters. The second kappa shape index (κ2) is 26.5. The Morgan fingerprint density at radius 3 is 1.06 bits per heavy atom. The molecule has 0 aliphatic carbocycles. The highest BCUT2D eigenvalue weighted by Crippen LogP contribution is 2.50. The number of nitrogens with one attached hydrogen (secondary N) is 2. The summed E-state index contributed by atoms with van der Waals surface area (Å²) in [4.78, 5) is 112. The van der Waals surface area contributed by atoms with Gasteiger partial charge in [0.25, 0.3) is 0 Å². The molecule has 450 valence electrons. The minimum atomic E-state index is -1.45. The molecule has 28 heteroatoms. The van der Waals surface area contributed by atoms with E-state index in [2.05, 4.69) is 9.97 Å². The Hall–Kier alpha value is -12.4. The number of carboxylic acid groups (broad SMARTS) is 8. The van der Waals surface area contributed by atoms with Crippen molar-refractivity contribution in [3.05, 3.63) is 131 Å². The molecule has 0 fully saturated rings. The van der Waals surface area contributed by atoms with E-state index in [1.165, 1.54) is 72.8 Å². The van der Waals surface area contributed by atoms with E-state index in [1.54, 1.807) is 48.6 Å². The minimum Gasteiger partial charge on any atom is -0.479 e. The van der Waals surface area contributed by atoms with Crippen LogP contribution in [0.4, 0.5) is 0 Å². The van der Waals surface area contributed by atoms with Crippen LogP contribution in [-0.4, -0.2) is 161 Å². The molecule has 10 N–H and O–H groups in total. The van der Waals surface area contributed by atoms with Crippen LogP contribution < -0.4 is 37.9 Å². The first kappa shape index (κ1) is 60.2. The van der Waals surface area contributed by atoms with Gasteiger partial charge in [-0.25, -0.2) is 48.3 Å². The smallest absolute Gasteiger partial charge is 0.341 e. The first-order chi connectivity index (χ1) is 42.1. The fourth-order valence-corrected chi connectivity index (χ4v) is 9.06. The molecule has 0 unspecified atom stereocenters. The monoisotopic (exact) mass is 1210 g/mol. The number of carboxylic acids is 8. The van der Waals surface area contributed by atoms with Gasteiger partial charge >= 0.3 is 47.8 Å². The van der Waals surface area contributed by atoms with Crippen LogP contribution in [-0.2, 0) is 38.4 Å². The summed E-state index contributed by atoms with van der Waals surface area (Å²) >= 11 is 0. The molecule has 4 aromatic carbocycles. The maximum absolute atomic E-state index is 12.2. The molecule has 2 aliphatic rings. The van der Waals surface area contributed by atoms with Gasteiger partial charge in [0.15, 0.2) is 98.9 Å². The lowest BCUT2D eigenvalue weighted by Crippen LogP contribution is -2.13. The van der Waals surface area contributed by atoms with E-state index in [4.69, 9.17) is 47.9 Å². The van der Waals surface area contributed by atoms with Crippen LogP contribution in [0.3, 0.4) is 0 Å². The zero-order valence-electron chi connectivity index (χ0n) is 45.2. The summed E-state index contributed by atoms with van der Waals surface area (Å²) in [7, 11) is 0. The van der Waals surface area contributed by atoms with Crippen molar-refractivity contribution in [1.82, 2.24) is 19.9 Å². The maximum Gasteiger partial charge on any atom is 0.341 e. The van der Waals surface area contributed by atoms with Gasteiger partial charge in [0, 0.05) is 38.8 Å². The van der Waals surface area contributed by atoms with Crippen LogP contribution in [0.2, 0.25) is 0 Å². The number of hydrogen-bond donors (Lipinski definition) is 10. The number of nitrogens with zero attached hydrogens (tertiary/aromatic N) is 2. The van der Waals surface area contributed by atoms with Crippen molar-refractivity contribution in [2.24, 2.45) is 0 Å². The van der Waals surface area contributed by atoms with Crippen molar-refractivity contribution in [1.29, 1.82) is 0 Å². The number of aromatic nitrogens is 4. The number of H-pyrrole nitrogens is 2. The van der Waals surface area contributed by atoms with Gasteiger partial charge in [-0.3, -0.25) is 0 Å². The van der Waals surface area contributed by atoms with Gasteiger partial charge in [-0.05, 0) is 119 Å². The average molecular weight is 1210 g/mol. The first-order valence-corrected chi connectivity index (χ1v) is 25.7. The average Bonchev–Trinajstić information content (AvgIpc) is 2.00. The summed E-state index contributed by atoms with van der Waals surface area (Å²) in [5.74, 6) is -13.3. The molecular formula is C60H46N4O24. The lowest BCUT2D eigenvalue weighted by atomic mass is 9.90. The predicted octanol–water partition coefficient (Wildman–Crippen LogP) is 6.78. The molecule has 3 aromatic heterocycles. The molecule has 9 rings (SSSR count). The summed E-state index contributed by atoms with van der Waals surface area (Å²) in [5, 5.41) is 77.7. The third kappa shape index (κ3) is 14.9. The second-order valence-electron chi connectivity index (χ2n) is 18.7. The van der Waals surface area contributed by atoms with Crippen LogP contribution >= 0.6 is 0 Å². The third-order valence-electron chi connectivity index (χ3n) is 12.4. The molecule has 8 bridgehead atoms. The highest BCUT2D eigenvalue weighted by atomic mass is 16.6. The number of aliphatic carboxylic acids is 8. The van der Waals surface area contributed by atoms with Gasteiger partial charge in [0.1, 0.15) is 0 Å². The van der Waals surface area contributed by atoms with E-state index < -0.39 is 101 Å². The minimum absolute atomic E-state index is 0.0319. The van der Waals surface area contributed by atoms with Gasteiger partial charge < -0.3 is 88.7 Å². The first-order valence-electron chi connectivity index (χ1n) is 25.7. The quantitative estimate of drug-likeness (QED) is 0.0241. The maximum atomic E-state index is 12.2. The van der Waals surface area contributed by atoms with Gasteiger partial charge in [-0.15, -0.1) is 0 Å². The van der Waals surface area contributed by atoms with Crippen LogP contribution in [0.1, 0.15) is 28.3 Å². The number of hydrogen-bond acceptors (Lipinski definition) is 18. The lowest BCUT2D eigenvalue weighted by Gasteiger charge is -2.17. The Labute approximate surface area is 492 Å². The molecule has 0 saturated heterocycles. The Bertz CT molecular complexity index is 4240. The summed E-state index contributed by atoms with van der Waals surface area (Å²) in [6, 6.07) is 25.0. The van der Waals surface area contributed by atoms with Gasteiger partial charge in [0.05, 0.1) is 28.3 Å². The fraction of sp³-hybridized carbons (Fsp3) is 0.133. The second-order valence-corrected chi connectivity index (χ2v) is 18.7. The Morgan fingerprint density at radius 1 is 0.330 bits per heavy atom. The summed E-state index contributed by atoms with van der Waals surface area (Å²) < 4.78 is 45.2. The highest BCUT2D eigenvalue weighted by Gasteiger charge is 2.28. The molecule has 0 radical (unpaired) electrons. The van der Waals surface area contributed by atoms with E-state index >= 15 is 0 Å². The zero-order chi connectivity index (χ0) is 62.8. The Kier molecular flexibility index (Phi) is 18.1. The van der Waals surface area contributed by atoms with E-state index in [1.807, 2.05) is 0 Å². The number of rotatable bonds is 28. The predicted molar refractivity (Wildman–Crippen MR) is 305 cm³/mol. The van der Waals surface area contributed by atoms with Crippen molar-refractivity contribution >= 4 is 93.6 Å². The molecule has 0 amide bonds. The fourth-order valence-electron chi connectivity index (χ4n) is 9.06. The molecule has 88 heavy (non-hydrogen) atoms. The Balaban J connectivity index is 1.52. The highest BCUT2D eigenvalue weighted by molar-refractivity contribution is 6.11. The van der Waals surface area contributed by atoms with Crippen LogP contribution in [0.25, 0.3) is 79.2 Å². The van der Waals surface area contributed by atoms with E-state index in [0.717, 1.165) is 0 Å². The SMILES string of the molecule is O=C(O)COc1ccc(C2=Cc3cc4ccc(cc5nc(cc6[nH]c(c(-c7ccc(OCC(=O)O)c(OCC(=O)O)c7)c2n3)c(-c2ccc(OCC(=O)O)c(OCC(=O)O)c2)c6-c2ccc(OCC(=O)O)c(OCC(=O)O)c2)C=C5)[nH]4)cc1OCC(=O)O. The number of benzene rings is 4.